The molecule has 6 nitrogen and oxygen atoms in total. The summed E-state index contributed by atoms with van der Waals surface area (Å²) in [5.74, 6) is 0.725. The van der Waals surface area contributed by atoms with Gasteiger partial charge in [-0.15, -0.1) is 0 Å². The number of amides is 1. The van der Waals surface area contributed by atoms with Gasteiger partial charge in [0, 0.05) is 16.9 Å². The van der Waals surface area contributed by atoms with Crippen LogP contribution in [0.5, 0.6) is 0 Å². The predicted molar refractivity (Wildman–Crippen MR) is 94.0 cm³/mol. The van der Waals surface area contributed by atoms with Crippen LogP contribution in [-0.2, 0) is 9.84 Å². The maximum absolute atomic E-state index is 12.4. The molecule has 4 rings (SSSR count). The molecule has 0 spiro atoms. The Hall–Kier alpha value is -2.15. The van der Waals surface area contributed by atoms with Gasteiger partial charge in [0.25, 0.3) is 5.91 Å². The second kappa shape index (κ2) is 6.29. The van der Waals surface area contributed by atoms with Crippen molar-refractivity contribution >= 4 is 26.8 Å². The van der Waals surface area contributed by atoms with Gasteiger partial charge in [-0.2, -0.15) is 0 Å². The number of benzene rings is 1. The Kier molecular flexibility index (Phi) is 4.11. The van der Waals surface area contributed by atoms with Crippen molar-refractivity contribution in [2.24, 2.45) is 0 Å². The number of sulfone groups is 1. The van der Waals surface area contributed by atoms with Crippen molar-refractivity contribution in [2.75, 3.05) is 5.75 Å². The SMILES string of the molecule is O=C(N[C@@H]1C=CS(=O)(=O)C1)c1ccc2nc(C3CCCCC3)oc2c1. The van der Waals surface area contributed by atoms with E-state index in [0.717, 1.165) is 29.7 Å². The van der Waals surface area contributed by atoms with Gasteiger partial charge in [0.1, 0.15) is 5.52 Å². The lowest BCUT2D eigenvalue weighted by atomic mass is 9.89. The number of hydrogen-bond donors (Lipinski definition) is 1. The van der Waals surface area contributed by atoms with Gasteiger partial charge in [-0.25, -0.2) is 13.4 Å². The summed E-state index contributed by atoms with van der Waals surface area (Å²) in [5.41, 5.74) is 1.79. The molecule has 1 amide bonds. The number of nitrogens with zero attached hydrogens (tertiary/aromatic N) is 1. The van der Waals surface area contributed by atoms with Gasteiger partial charge in [0.2, 0.25) is 0 Å². The summed E-state index contributed by atoms with van der Waals surface area (Å²) in [4.78, 5) is 16.9. The van der Waals surface area contributed by atoms with Crippen LogP contribution in [0.25, 0.3) is 11.1 Å². The smallest absolute Gasteiger partial charge is 0.251 e. The highest BCUT2D eigenvalue weighted by Gasteiger charge is 2.24. The van der Waals surface area contributed by atoms with Crippen molar-refractivity contribution in [3.8, 4) is 0 Å². The van der Waals surface area contributed by atoms with E-state index < -0.39 is 15.9 Å². The van der Waals surface area contributed by atoms with Crippen LogP contribution in [0.1, 0.15) is 54.3 Å². The Morgan fingerprint density at radius 2 is 2.00 bits per heavy atom. The number of aromatic nitrogens is 1. The van der Waals surface area contributed by atoms with Crippen molar-refractivity contribution in [3.05, 3.63) is 41.1 Å². The molecule has 1 aliphatic carbocycles. The second-order valence-electron chi connectivity index (χ2n) is 6.81. The van der Waals surface area contributed by atoms with Crippen LogP contribution < -0.4 is 5.32 Å². The molecule has 1 saturated carbocycles. The van der Waals surface area contributed by atoms with Crippen LogP contribution >= 0.6 is 0 Å². The van der Waals surface area contributed by atoms with Crippen molar-refractivity contribution < 1.29 is 17.6 Å². The van der Waals surface area contributed by atoms with Gasteiger partial charge in [0.05, 0.1) is 11.8 Å². The highest BCUT2D eigenvalue weighted by molar-refractivity contribution is 7.94. The third-order valence-electron chi connectivity index (χ3n) is 4.87. The molecule has 1 atom stereocenters. The first-order chi connectivity index (χ1) is 12.0. The second-order valence-corrected chi connectivity index (χ2v) is 8.74. The Balaban J connectivity index is 1.52. The summed E-state index contributed by atoms with van der Waals surface area (Å²) in [5, 5.41) is 3.87. The fraction of sp³-hybridized carbons (Fsp3) is 0.444. The molecule has 0 unspecified atom stereocenters. The quantitative estimate of drug-likeness (QED) is 0.909. The van der Waals surface area contributed by atoms with Gasteiger partial charge in [-0.05, 0) is 37.1 Å². The minimum atomic E-state index is -3.19. The molecule has 1 fully saturated rings. The standard InChI is InChI=1S/C18H20N2O4S/c21-17(19-14-8-9-25(22,23)11-14)13-6-7-15-16(10-13)24-18(20-15)12-4-2-1-3-5-12/h6-10,12,14H,1-5,11H2,(H,19,21)/t14-/m1/s1. The number of carbonyl (C=O) groups is 1. The lowest BCUT2D eigenvalue weighted by Crippen LogP contribution is -2.35. The minimum Gasteiger partial charge on any atom is -0.440 e. The maximum atomic E-state index is 12.4. The molecule has 25 heavy (non-hydrogen) atoms. The molecule has 1 aliphatic heterocycles. The number of oxazole rings is 1. The topological polar surface area (TPSA) is 89.3 Å². The molecule has 2 aliphatic rings. The molecule has 0 bridgehead atoms. The van der Waals surface area contributed by atoms with Crippen LogP contribution in [0.2, 0.25) is 0 Å². The Morgan fingerprint density at radius 1 is 1.20 bits per heavy atom. The Bertz CT molecular complexity index is 939. The molecule has 1 N–H and O–H groups in total. The fourth-order valence-electron chi connectivity index (χ4n) is 3.53. The highest BCUT2D eigenvalue weighted by Crippen LogP contribution is 2.33. The van der Waals surface area contributed by atoms with E-state index >= 15 is 0 Å². The molecule has 132 valence electrons. The minimum absolute atomic E-state index is 0.0882. The molecule has 7 heteroatoms. The molecule has 0 saturated heterocycles. The first-order valence-corrected chi connectivity index (χ1v) is 10.3. The third-order valence-corrected chi connectivity index (χ3v) is 6.26. The van der Waals surface area contributed by atoms with Gasteiger partial charge in [0.15, 0.2) is 21.3 Å². The van der Waals surface area contributed by atoms with E-state index in [1.54, 1.807) is 18.2 Å². The van der Waals surface area contributed by atoms with E-state index in [9.17, 15) is 13.2 Å². The van der Waals surface area contributed by atoms with Gasteiger partial charge >= 0.3 is 0 Å². The molecule has 1 aromatic heterocycles. The number of fused-ring (bicyclic) bond motifs is 1. The first-order valence-electron chi connectivity index (χ1n) is 8.62. The maximum Gasteiger partial charge on any atom is 0.251 e. The summed E-state index contributed by atoms with van der Waals surface area (Å²) < 4.78 is 28.8. The predicted octanol–water partition coefficient (Wildman–Crippen LogP) is 2.92. The molecule has 2 aromatic rings. The van der Waals surface area contributed by atoms with E-state index in [4.69, 9.17) is 4.42 Å². The average Bonchev–Trinajstić information content (AvgIpc) is 3.17. The van der Waals surface area contributed by atoms with E-state index in [-0.39, 0.29) is 11.7 Å². The van der Waals surface area contributed by atoms with Crippen LogP contribution in [-0.4, -0.2) is 31.1 Å². The largest absolute Gasteiger partial charge is 0.440 e. The van der Waals surface area contributed by atoms with E-state index in [1.807, 2.05) is 0 Å². The van der Waals surface area contributed by atoms with Crippen LogP contribution in [0.3, 0.4) is 0 Å². The van der Waals surface area contributed by atoms with E-state index in [1.165, 1.54) is 25.3 Å². The summed E-state index contributed by atoms with van der Waals surface area (Å²) in [6.07, 6.45) is 7.38. The summed E-state index contributed by atoms with van der Waals surface area (Å²) in [6.45, 7) is 0. The third kappa shape index (κ3) is 3.46. The Labute approximate surface area is 146 Å². The van der Waals surface area contributed by atoms with Crippen molar-refractivity contribution in [1.29, 1.82) is 0 Å². The number of carbonyl (C=O) groups excluding carboxylic acids is 1. The summed E-state index contributed by atoms with van der Waals surface area (Å²) in [6, 6.07) is 4.66. The molecular weight excluding hydrogens is 340 g/mol. The molecular formula is C18H20N2O4S. The van der Waals surface area contributed by atoms with Gasteiger partial charge in [-0.1, -0.05) is 19.3 Å². The highest BCUT2D eigenvalue weighted by atomic mass is 32.2. The fourth-order valence-corrected chi connectivity index (χ4v) is 4.76. The Morgan fingerprint density at radius 3 is 2.72 bits per heavy atom. The van der Waals surface area contributed by atoms with Crippen molar-refractivity contribution in [2.45, 2.75) is 44.1 Å². The van der Waals surface area contributed by atoms with Gasteiger partial charge in [-0.3, -0.25) is 4.79 Å². The van der Waals surface area contributed by atoms with Crippen molar-refractivity contribution in [3.63, 3.8) is 0 Å². The zero-order chi connectivity index (χ0) is 17.4. The van der Waals surface area contributed by atoms with Crippen LogP contribution in [0.15, 0.2) is 34.1 Å². The zero-order valence-corrected chi connectivity index (χ0v) is 14.6. The number of hydrogen-bond acceptors (Lipinski definition) is 5. The lowest BCUT2D eigenvalue weighted by molar-refractivity contribution is 0.0947. The molecule has 0 radical (unpaired) electrons. The van der Waals surface area contributed by atoms with Crippen LogP contribution in [0.4, 0.5) is 0 Å². The average molecular weight is 360 g/mol. The zero-order valence-electron chi connectivity index (χ0n) is 13.8. The summed E-state index contributed by atoms with van der Waals surface area (Å²) in [7, 11) is -3.19. The van der Waals surface area contributed by atoms with E-state index in [2.05, 4.69) is 10.3 Å². The lowest BCUT2D eigenvalue weighted by Gasteiger charge is -2.17. The normalized spacial score (nSPS) is 23.1. The van der Waals surface area contributed by atoms with Crippen molar-refractivity contribution in [1.82, 2.24) is 10.3 Å². The van der Waals surface area contributed by atoms with Crippen LogP contribution in [0, 0.1) is 0 Å². The monoisotopic (exact) mass is 360 g/mol. The van der Waals surface area contributed by atoms with E-state index in [0.29, 0.717) is 17.1 Å². The van der Waals surface area contributed by atoms with Gasteiger partial charge < -0.3 is 9.73 Å². The number of rotatable bonds is 3. The molecule has 2 heterocycles. The summed E-state index contributed by atoms with van der Waals surface area (Å²) >= 11 is 0. The molecule has 1 aromatic carbocycles. The number of nitrogens with one attached hydrogen (secondary N) is 1. The first kappa shape index (κ1) is 16.3.